The molecule has 5 heteroatoms. The van der Waals surface area contributed by atoms with E-state index in [2.05, 4.69) is 14.5 Å². The highest BCUT2D eigenvalue weighted by Crippen LogP contribution is 1.86. The Morgan fingerprint density at radius 1 is 1.25 bits per heavy atom. The fourth-order valence-corrected chi connectivity index (χ4v) is 0.386. The van der Waals surface area contributed by atoms with E-state index in [4.69, 9.17) is 0 Å². The van der Waals surface area contributed by atoms with Gasteiger partial charge >= 0.3 is 11.9 Å². The first-order valence-corrected chi connectivity index (χ1v) is 3.62. The van der Waals surface area contributed by atoms with Gasteiger partial charge in [0.1, 0.15) is 13.2 Å². The molecule has 0 aromatic rings. The number of carbonyl (C=O) groups is 2. The second-order valence-electron chi connectivity index (χ2n) is 1.97. The average molecular weight is 176 g/mol. The van der Waals surface area contributed by atoms with Crippen molar-refractivity contribution in [3.05, 3.63) is 0 Å². The molecule has 0 aliphatic carbocycles. The summed E-state index contributed by atoms with van der Waals surface area (Å²) in [5.74, 6) is -0.835. The van der Waals surface area contributed by atoms with E-state index in [9.17, 15) is 9.59 Å². The number of carbonyl (C=O) groups excluding carboxylic acids is 2. The zero-order valence-electron chi connectivity index (χ0n) is 7.16. The third-order valence-electron chi connectivity index (χ3n) is 0.913. The van der Waals surface area contributed by atoms with Gasteiger partial charge in [0.05, 0.1) is 0 Å². The fourth-order valence-electron chi connectivity index (χ4n) is 0.386. The van der Waals surface area contributed by atoms with Crippen molar-refractivity contribution < 1.29 is 24.1 Å². The van der Waals surface area contributed by atoms with Crippen LogP contribution < -0.4 is 0 Å². The molecular weight excluding hydrogens is 164 g/mol. The molecule has 0 spiro atoms. The second-order valence-corrected chi connectivity index (χ2v) is 1.97. The van der Waals surface area contributed by atoms with Crippen LogP contribution in [-0.4, -0.2) is 25.2 Å². The summed E-state index contributed by atoms with van der Waals surface area (Å²) in [7, 11) is 0. The first-order valence-electron chi connectivity index (χ1n) is 3.62. The highest BCUT2D eigenvalue weighted by molar-refractivity contribution is 5.68. The van der Waals surface area contributed by atoms with Gasteiger partial charge in [0, 0.05) is 13.3 Å². The molecule has 0 amide bonds. The van der Waals surface area contributed by atoms with Crippen molar-refractivity contribution in [2.75, 3.05) is 13.2 Å². The molecule has 0 aromatic carbocycles. The maximum atomic E-state index is 10.5. The van der Waals surface area contributed by atoms with Gasteiger partial charge in [-0.3, -0.25) is 9.68 Å². The van der Waals surface area contributed by atoms with Crippen LogP contribution in [0.4, 0.5) is 0 Å². The van der Waals surface area contributed by atoms with Gasteiger partial charge in [-0.05, 0) is 0 Å². The SMILES string of the molecule is CCC(=O)OOCCOC(C)=O. The number of esters is 1. The lowest BCUT2D eigenvalue weighted by Crippen LogP contribution is -2.10. The van der Waals surface area contributed by atoms with Gasteiger partial charge in [0.25, 0.3) is 0 Å². The van der Waals surface area contributed by atoms with Crippen LogP contribution in [0.15, 0.2) is 0 Å². The van der Waals surface area contributed by atoms with Crippen molar-refractivity contribution in [2.24, 2.45) is 0 Å². The van der Waals surface area contributed by atoms with Crippen molar-refractivity contribution in [1.82, 2.24) is 0 Å². The summed E-state index contributed by atoms with van der Waals surface area (Å²) in [5.41, 5.74) is 0. The molecular formula is C7H12O5. The molecule has 70 valence electrons. The maximum absolute atomic E-state index is 10.5. The Morgan fingerprint density at radius 2 is 1.92 bits per heavy atom. The second kappa shape index (κ2) is 6.60. The zero-order chi connectivity index (χ0) is 9.40. The van der Waals surface area contributed by atoms with E-state index >= 15 is 0 Å². The normalized spacial score (nSPS) is 9.17. The molecule has 0 N–H and O–H groups in total. The highest BCUT2D eigenvalue weighted by Gasteiger charge is 1.99. The summed E-state index contributed by atoms with van der Waals surface area (Å²) < 4.78 is 4.50. The maximum Gasteiger partial charge on any atom is 0.342 e. The van der Waals surface area contributed by atoms with Crippen LogP contribution in [0.5, 0.6) is 0 Å². The smallest absolute Gasteiger partial charge is 0.342 e. The summed E-state index contributed by atoms with van der Waals surface area (Å²) in [4.78, 5) is 29.3. The minimum Gasteiger partial charge on any atom is -0.463 e. The molecule has 0 rings (SSSR count). The minimum absolute atomic E-state index is 0.0608. The summed E-state index contributed by atoms with van der Waals surface area (Å²) in [6, 6.07) is 0. The van der Waals surface area contributed by atoms with Gasteiger partial charge < -0.3 is 4.74 Å². The minimum atomic E-state index is -0.446. The standard InChI is InChI=1S/C7H12O5/c1-3-7(9)12-11-5-4-10-6(2)8/h3-5H2,1-2H3. The van der Waals surface area contributed by atoms with Crippen LogP contribution in [0.1, 0.15) is 20.3 Å². The molecule has 0 saturated heterocycles. The van der Waals surface area contributed by atoms with E-state index in [1.54, 1.807) is 6.92 Å². The van der Waals surface area contributed by atoms with E-state index in [0.717, 1.165) is 0 Å². The first kappa shape index (κ1) is 10.9. The van der Waals surface area contributed by atoms with E-state index < -0.39 is 5.97 Å². The molecule has 0 aliphatic rings. The Kier molecular flexibility index (Phi) is 6.00. The predicted octanol–water partition coefficient (Wildman–Crippen LogP) is 0.434. The van der Waals surface area contributed by atoms with Crippen molar-refractivity contribution in [2.45, 2.75) is 20.3 Å². The number of hydrogen-bond donors (Lipinski definition) is 0. The lowest BCUT2D eigenvalue weighted by atomic mass is 10.5. The molecule has 0 saturated carbocycles. The lowest BCUT2D eigenvalue weighted by molar-refractivity contribution is -0.275. The van der Waals surface area contributed by atoms with Crippen LogP contribution in [-0.2, 0) is 24.1 Å². The predicted molar refractivity (Wildman–Crippen MR) is 39.0 cm³/mol. The van der Waals surface area contributed by atoms with Gasteiger partial charge in [0.15, 0.2) is 0 Å². The van der Waals surface area contributed by atoms with Gasteiger partial charge in [-0.15, -0.1) is 0 Å². The van der Waals surface area contributed by atoms with Gasteiger partial charge in [-0.1, -0.05) is 6.92 Å². The van der Waals surface area contributed by atoms with Crippen LogP contribution >= 0.6 is 0 Å². The molecule has 0 fully saturated rings. The van der Waals surface area contributed by atoms with Crippen LogP contribution in [0.2, 0.25) is 0 Å². The van der Waals surface area contributed by atoms with Crippen molar-refractivity contribution >= 4 is 11.9 Å². The summed E-state index contributed by atoms with van der Waals surface area (Å²) >= 11 is 0. The lowest BCUT2D eigenvalue weighted by Gasteiger charge is -2.01. The van der Waals surface area contributed by atoms with E-state index in [1.165, 1.54) is 6.92 Å². The molecule has 0 aromatic heterocycles. The number of hydrogen-bond acceptors (Lipinski definition) is 5. The van der Waals surface area contributed by atoms with Crippen molar-refractivity contribution in [3.63, 3.8) is 0 Å². The Hall–Kier alpha value is -1.10. The summed E-state index contributed by atoms with van der Waals surface area (Å²) in [6.45, 7) is 3.09. The van der Waals surface area contributed by atoms with E-state index in [1.807, 2.05) is 0 Å². The zero-order valence-corrected chi connectivity index (χ0v) is 7.16. The molecule has 0 radical (unpaired) electrons. The largest absolute Gasteiger partial charge is 0.463 e. The molecule has 5 nitrogen and oxygen atoms in total. The summed E-state index contributed by atoms with van der Waals surface area (Å²) in [5, 5.41) is 0. The molecule has 0 aliphatic heterocycles. The molecule has 0 unspecified atom stereocenters. The monoisotopic (exact) mass is 176 g/mol. The number of rotatable bonds is 5. The third kappa shape index (κ3) is 7.01. The average Bonchev–Trinajstić information content (AvgIpc) is 2.03. The third-order valence-corrected chi connectivity index (χ3v) is 0.913. The van der Waals surface area contributed by atoms with Gasteiger partial charge in [0.2, 0.25) is 0 Å². The molecule has 12 heavy (non-hydrogen) atoms. The van der Waals surface area contributed by atoms with Crippen LogP contribution in [0.25, 0.3) is 0 Å². The quantitative estimate of drug-likeness (QED) is 0.263. The van der Waals surface area contributed by atoms with E-state index in [0.29, 0.717) is 0 Å². The first-order chi connectivity index (χ1) is 5.66. The van der Waals surface area contributed by atoms with E-state index in [-0.39, 0.29) is 25.6 Å². The highest BCUT2D eigenvalue weighted by atomic mass is 17.2. The molecule has 0 atom stereocenters. The van der Waals surface area contributed by atoms with Crippen LogP contribution in [0, 0.1) is 0 Å². The Bertz CT molecular complexity index is 154. The van der Waals surface area contributed by atoms with Crippen molar-refractivity contribution in [1.29, 1.82) is 0 Å². The Morgan fingerprint density at radius 3 is 2.42 bits per heavy atom. The Balaban J connectivity index is 3.11. The van der Waals surface area contributed by atoms with Crippen LogP contribution in [0.3, 0.4) is 0 Å². The number of ether oxygens (including phenoxy) is 1. The fraction of sp³-hybridized carbons (Fsp3) is 0.714. The molecule has 0 heterocycles. The van der Waals surface area contributed by atoms with Crippen molar-refractivity contribution in [3.8, 4) is 0 Å². The van der Waals surface area contributed by atoms with Gasteiger partial charge in [-0.2, -0.15) is 4.89 Å². The Labute approximate surface area is 70.5 Å². The summed E-state index contributed by atoms with van der Waals surface area (Å²) in [6.07, 6.45) is 0.258. The topological polar surface area (TPSA) is 61.8 Å². The molecule has 0 bridgehead atoms. The van der Waals surface area contributed by atoms with Gasteiger partial charge in [-0.25, -0.2) is 4.79 Å².